The lowest BCUT2D eigenvalue weighted by atomic mass is 9.97. The van der Waals surface area contributed by atoms with Crippen LogP contribution in [0.3, 0.4) is 0 Å². The molecule has 0 aliphatic heterocycles. The van der Waals surface area contributed by atoms with Crippen LogP contribution in [0.1, 0.15) is 167 Å². The van der Waals surface area contributed by atoms with E-state index in [2.05, 4.69) is 28.5 Å². The summed E-state index contributed by atoms with van der Waals surface area (Å²) in [6, 6.07) is 0. The summed E-state index contributed by atoms with van der Waals surface area (Å²) in [6.45, 7) is 3.17. The number of hydrogen-bond donors (Lipinski definition) is 0. The van der Waals surface area contributed by atoms with Crippen LogP contribution in [0, 0.1) is 5.92 Å². The Hall–Kier alpha value is -1.84. The molecule has 0 saturated carbocycles. The first-order valence-corrected chi connectivity index (χ1v) is 19.8. The smallest absolute Gasteiger partial charge is 0.313 e. The molecular formula is C40H75NO8. The number of nitrogens with zero attached hydrogens (tertiary/aromatic N) is 1. The lowest BCUT2D eigenvalue weighted by Gasteiger charge is -2.21. The van der Waals surface area contributed by atoms with Crippen LogP contribution in [-0.2, 0) is 38.1 Å². The molecule has 0 heterocycles. The third-order valence-electron chi connectivity index (χ3n) is 9.15. The fourth-order valence-corrected chi connectivity index (χ4v) is 6.07. The SMILES string of the molecule is COC(=O)CCC(C=O)CCCCCCCCCCCCOCC(CN(C)C)OCCCCCCCCCCCCCC(=O)CC(=O)OC. The van der Waals surface area contributed by atoms with Crippen molar-refractivity contribution in [1.82, 2.24) is 4.90 Å². The molecule has 0 radical (unpaired) electrons. The summed E-state index contributed by atoms with van der Waals surface area (Å²) in [5.74, 6) is -0.694. The van der Waals surface area contributed by atoms with E-state index >= 15 is 0 Å². The lowest BCUT2D eigenvalue weighted by molar-refractivity contribution is -0.143. The molecule has 0 fully saturated rings. The maximum Gasteiger partial charge on any atom is 0.313 e. The monoisotopic (exact) mass is 698 g/mol. The third-order valence-corrected chi connectivity index (χ3v) is 9.15. The van der Waals surface area contributed by atoms with Crippen LogP contribution in [0.4, 0.5) is 0 Å². The molecule has 9 heteroatoms. The largest absolute Gasteiger partial charge is 0.469 e. The second kappa shape index (κ2) is 36.0. The quantitative estimate of drug-likeness (QED) is 0.0271. The number of carbonyl (C=O) groups is 4. The van der Waals surface area contributed by atoms with E-state index in [9.17, 15) is 19.2 Å². The van der Waals surface area contributed by atoms with Gasteiger partial charge in [0.2, 0.25) is 0 Å². The van der Waals surface area contributed by atoms with Crippen molar-refractivity contribution >= 4 is 24.0 Å². The summed E-state index contributed by atoms with van der Waals surface area (Å²) in [5.41, 5.74) is 0. The van der Waals surface area contributed by atoms with Crippen molar-refractivity contribution in [1.29, 1.82) is 0 Å². The highest BCUT2D eigenvalue weighted by Crippen LogP contribution is 2.17. The molecule has 2 atom stereocenters. The first kappa shape index (κ1) is 47.2. The van der Waals surface area contributed by atoms with Crippen molar-refractivity contribution in [2.24, 2.45) is 5.92 Å². The molecule has 0 amide bonds. The normalized spacial score (nSPS) is 12.6. The number of methoxy groups -OCH3 is 2. The van der Waals surface area contributed by atoms with Gasteiger partial charge in [0, 0.05) is 38.5 Å². The van der Waals surface area contributed by atoms with Gasteiger partial charge in [-0.3, -0.25) is 14.4 Å². The Morgan fingerprint density at radius 3 is 1.53 bits per heavy atom. The first-order chi connectivity index (χ1) is 23.8. The molecule has 0 rings (SSSR count). The zero-order valence-electron chi connectivity index (χ0n) is 32.2. The molecule has 288 valence electrons. The van der Waals surface area contributed by atoms with Crippen molar-refractivity contribution < 1.29 is 38.1 Å². The highest BCUT2D eigenvalue weighted by molar-refractivity contribution is 5.95. The van der Waals surface area contributed by atoms with Crippen LogP contribution in [0.25, 0.3) is 0 Å². The van der Waals surface area contributed by atoms with E-state index in [4.69, 9.17) is 9.47 Å². The highest BCUT2D eigenvalue weighted by atomic mass is 16.5. The van der Waals surface area contributed by atoms with E-state index in [0.29, 0.717) is 25.9 Å². The van der Waals surface area contributed by atoms with Crippen LogP contribution < -0.4 is 0 Å². The summed E-state index contributed by atoms with van der Waals surface area (Å²) in [4.78, 5) is 47.3. The fourth-order valence-electron chi connectivity index (χ4n) is 6.07. The maximum absolute atomic E-state index is 11.6. The molecule has 2 unspecified atom stereocenters. The number of carbonyl (C=O) groups excluding carboxylic acids is 4. The number of ether oxygens (including phenoxy) is 4. The number of esters is 2. The Morgan fingerprint density at radius 1 is 0.571 bits per heavy atom. The number of ketones is 1. The van der Waals surface area contributed by atoms with Gasteiger partial charge in [-0.2, -0.15) is 0 Å². The Kier molecular flexibility index (Phi) is 34.6. The van der Waals surface area contributed by atoms with Crippen molar-refractivity contribution in [3.05, 3.63) is 0 Å². The molecule has 0 aromatic carbocycles. The summed E-state index contributed by atoms with van der Waals surface area (Å²) in [5, 5.41) is 0. The first-order valence-electron chi connectivity index (χ1n) is 19.8. The Labute approximate surface area is 300 Å². The summed E-state index contributed by atoms with van der Waals surface area (Å²) >= 11 is 0. The Balaban J connectivity index is 3.58. The van der Waals surface area contributed by atoms with Crippen LogP contribution in [0.5, 0.6) is 0 Å². The van der Waals surface area contributed by atoms with E-state index in [1.807, 2.05) is 0 Å². The van der Waals surface area contributed by atoms with E-state index in [-0.39, 0.29) is 30.2 Å². The summed E-state index contributed by atoms with van der Waals surface area (Å²) in [6.07, 6.45) is 28.6. The Morgan fingerprint density at radius 2 is 1.04 bits per heavy atom. The molecule has 9 nitrogen and oxygen atoms in total. The van der Waals surface area contributed by atoms with E-state index in [1.54, 1.807) is 0 Å². The molecule has 0 aromatic heterocycles. The molecule has 0 aliphatic rings. The van der Waals surface area contributed by atoms with Gasteiger partial charge in [-0.25, -0.2) is 0 Å². The van der Waals surface area contributed by atoms with Crippen molar-refractivity contribution in [2.75, 3.05) is 54.7 Å². The average molecular weight is 698 g/mol. The zero-order chi connectivity index (χ0) is 36.2. The van der Waals surface area contributed by atoms with Crippen molar-refractivity contribution in [3.8, 4) is 0 Å². The number of likely N-dealkylation sites (N-methyl/N-ethyl adjacent to an activating group) is 1. The van der Waals surface area contributed by atoms with Gasteiger partial charge in [0.1, 0.15) is 18.5 Å². The number of aldehydes is 1. The molecule has 49 heavy (non-hydrogen) atoms. The molecule has 0 spiro atoms. The number of Topliss-reactive ketones (excluding diaryl/α,β-unsaturated/α-hetero) is 1. The molecule has 0 N–H and O–H groups in total. The van der Waals surface area contributed by atoms with E-state index in [1.165, 1.54) is 111 Å². The topological polar surface area (TPSA) is 108 Å². The van der Waals surface area contributed by atoms with Crippen LogP contribution >= 0.6 is 0 Å². The van der Waals surface area contributed by atoms with E-state index < -0.39 is 5.97 Å². The third kappa shape index (κ3) is 34.4. The summed E-state index contributed by atoms with van der Waals surface area (Å²) < 4.78 is 21.4. The minimum atomic E-state index is -0.434. The predicted octanol–water partition coefficient (Wildman–Crippen LogP) is 8.82. The van der Waals surface area contributed by atoms with Crippen LogP contribution in [-0.4, -0.2) is 89.7 Å². The van der Waals surface area contributed by atoms with Gasteiger partial charge in [-0.15, -0.1) is 0 Å². The van der Waals surface area contributed by atoms with Crippen molar-refractivity contribution in [3.63, 3.8) is 0 Å². The average Bonchev–Trinajstić information content (AvgIpc) is 3.08. The van der Waals surface area contributed by atoms with Crippen molar-refractivity contribution in [2.45, 2.75) is 173 Å². The summed E-state index contributed by atoms with van der Waals surface area (Å²) in [7, 11) is 6.88. The van der Waals surface area contributed by atoms with Gasteiger partial charge in [0.25, 0.3) is 0 Å². The molecule has 0 bridgehead atoms. The molecule has 0 saturated heterocycles. The van der Waals surface area contributed by atoms with Crippen LogP contribution in [0.2, 0.25) is 0 Å². The molecular weight excluding hydrogens is 622 g/mol. The van der Waals surface area contributed by atoms with Gasteiger partial charge < -0.3 is 28.6 Å². The van der Waals surface area contributed by atoms with Crippen LogP contribution in [0.15, 0.2) is 0 Å². The number of unbranched alkanes of at least 4 members (excludes halogenated alkanes) is 19. The van der Waals surface area contributed by atoms with Gasteiger partial charge >= 0.3 is 11.9 Å². The number of hydrogen-bond acceptors (Lipinski definition) is 9. The second-order valence-electron chi connectivity index (χ2n) is 14.1. The van der Waals surface area contributed by atoms with E-state index in [0.717, 1.165) is 71.0 Å². The standard InChI is InChI=1S/C40H75NO8/c1-41(2)33-38(49-31-25-21-17-13-8-5-6-11-15-19-23-27-37(43)32-40(45)47-4)35-48-30-24-20-16-12-9-7-10-14-18-22-26-36(34-42)28-29-39(44)46-3/h34,36,38H,5-33,35H2,1-4H3. The second-order valence-corrected chi connectivity index (χ2v) is 14.1. The van der Waals surface area contributed by atoms with Gasteiger partial charge in [0.15, 0.2) is 0 Å². The zero-order valence-corrected chi connectivity index (χ0v) is 32.2. The minimum absolute atomic E-state index is 0.0116. The minimum Gasteiger partial charge on any atom is -0.469 e. The lowest BCUT2D eigenvalue weighted by Crippen LogP contribution is -2.32. The number of rotatable bonds is 38. The van der Waals surface area contributed by atoms with Gasteiger partial charge in [0.05, 0.1) is 26.9 Å². The fraction of sp³-hybridized carbons (Fsp3) is 0.900. The highest BCUT2D eigenvalue weighted by Gasteiger charge is 2.12. The maximum atomic E-state index is 11.6. The predicted molar refractivity (Wildman–Crippen MR) is 198 cm³/mol. The molecule has 0 aromatic rings. The van der Waals surface area contributed by atoms with Gasteiger partial charge in [-0.1, -0.05) is 116 Å². The molecule has 0 aliphatic carbocycles. The Bertz CT molecular complexity index is 790. The van der Waals surface area contributed by atoms with Gasteiger partial charge in [-0.05, 0) is 46.2 Å².